The average molecular weight is 362 g/mol. The second-order valence-electron chi connectivity index (χ2n) is 4.88. The maximum atomic E-state index is 13.7. The van der Waals surface area contributed by atoms with E-state index >= 15 is 0 Å². The molecule has 1 aromatic carbocycles. The number of hydrogen-bond acceptors (Lipinski definition) is 6. The maximum Gasteiger partial charge on any atom is 0.313 e. The van der Waals surface area contributed by atoms with Crippen molar-refractivity contribution in [3.63, 3.8) is 0 Å². The molecule has 6 nitrogen and oxygen atoms in total. The fourth-order valence-corrected chi connectivity index (χ4v) is 2.15. The lowest BCUT2D eigenvalue weighted by Gasteiger charge is -2.11. The van der Waals surface area contributed by atoms with Crippen molar-refractivity contribution in [3.8, 4) is 6.07 Å². The molecule has 0 amide bonds. The van der Waals surface area contributed by atoms with E-state index in [1.165, 1.54) is 6.07 Å². The molecule has 0 aliphatic rings. The Morgan fingerprint density at radius 2 is 2.16 bits per heavy atom. The summed E-state index contributed by atoms with van der Waals surface area (Å²) in [5, 5.41) is 11.3. The molecule has 0 atom stereocenters. The minimum atomic E-state index is -0.884. The van der Waals surface area contributed by atoms with Gasteiger partial charge in [0.15, 0.2) is 16.8 Å². The summed E-state index contributed by atoms with van der Waals surface area (Å²) >= 11 is 5.69. The summed E-state index contributed by atoms with van der Waals surface area (Å²) in [4.78, 5) is 27.6. The standard InChI is InChI=1S/C17H13ClFN3O3/c1-2-25-15(24)8-14(23)12-7-13(19)16(18)22-17(12)21-11-5-3-4-10(6-11)9-20/h3-7H,2,8H2,1H3,(H,21,22). The Labute approximate surface area is 148 Å². The number of Topliss-reactive ketones (excluding diaryl/α,β-unsaturated/α-hetero) is 1. The van der Waals surface area contributed by atoms with Gasteiger partial charge in [0.25, 0.3) is 0 Å². The van der Waals surface area contributed by atoms with Gasteiger partial charge in [0.2, 0.25) is 0 Å². The number of nitrogens with one attached hydrogen (secondary N) is 1. The molecule has 0 fully saturated rings. The van der Waals surface area contributed by atoms with Gasteiger partial charge in [-0.1, -0.05) is 17.7 Å². The number of carbonyl (C=O) groups is 2. The first kappa shape index (κ1) is 18.4. The molecule has 8 heteroatoms. The minimum Gasteiger partial charge on any atom is -0.466 e. The van der Waals surface area contributed by atoms with E-state index < -0.39 is 29.1 Å². The smallest absolute Gasteiger partial charge is 0.313 e. The zero-order valence-corrected chi connectivity index (χ0v) is 13.9. The number of hydrogen-bond donors (Lipinski definition) is 1. The monoisotopic (exact) mass is 361 g/mol. The summed E-state index contributed by atoms with van der Waals surface area (Å²) < 4.78 is 18.4. The minimum absolute atomic E-state index is 0.0178. The molecule has 1 heterocycles. The number of carbonyl (C=O) groups excluding carboxylic acids is 2. The van der Waals surface area contributed by atoms with Crippen LogP contribution in [0.3, 0.4) is 0 Å². The lowest BCUT2D eigenvalue weighted by molar-refractivity contribution is -0.141. The van der Waals surface area contributed by atoms with Crippen molar-refractivity contribution >= 4 is 34.9 Å². The molecule has 2 rings (SSSR count). The summed E-state index contributed by atoms with van der Waals surface area (Å²) in [5.74, 6) is -2.29. The first-order valence-electron chi connectivity index (χ1n) is 7.26. The van der Waals surface area contributed by atoms with Crippen LogP contribution < -0.4 is 5.32 Å². The number of ketones is 1. The Hall–Kier alpha value is -2.98. The van der Waals surface area contributed by atoms with Gasteiger partial charge < -0.3 is 10.1 Å². The fraction of sp³-hybridized carbons (Fsp3) is 0.176. The second kappa shape index (κ2) is 8.22. The van der Waals surface area contributed by atoms with E-state index in [9.17, 15) is 14.0 Å². The number of aromatic nitrogens is 1. The molecule has 2 aromatic rings. The van der Waals surface area contributed by atoms with Crippen molar-refractivity contribution in [1.29, 1.82) is 5.26 Å². The number of pyridine rings is 1. The van der Waals surface area contributed by atoms with Crippen molar-refractivity contribution in [1.82, 2.24) is 4.98 Å². The number of halogens is 2. The highest BCUT2D eigenvalue weighted by molar-refractivity contribution is 6.29. The van der Waals surface area contributed by atoms with Crippen LogP contribution in [0, 0.1) is 17.1 Å². The highest BCUT2D eigenvalue weighted by Crippen LogP contribution is 2.25. The Kier molecular flexibility index (Phi) is 6.03. The highest BCUT2D eigenvalue weighted by Gasteiger charge is 2.20. The number of benzene rings is 1. The molecule has 0 saturated carbocycles. The van der Waals surface area contributed by atoms with Crippen LogP contribution in [0.15, 0.2) is 30.3 Å². The molecule has 0 unspecified atom stereocenters. The van der Waals surface area contributed by atoms with E-state index in [0.717, 1.165) is 6.07 Å². The van der Waals surface area contributed by atoms with Crippen LogP contribution >= 0.6 is 11.6 Å². The molecule has 0 aliphatic carbocycles. The third-order valence-electron chi connectivity index (χ3n) is 3.10. The van der Waals surface area contributed by atoms with Gasteiger partial charge in [0.05, 0.1) is 23.8 Å². The van der Waals surface area contributed by atoms with Crippen molar-refractivity contribution < 1.29 is 18.7 Å². The van der Waals surface area contributed by atoms with Gasteiger partial charge in [0, 0.05) is 5.69 Å². The molecule has 0 saturated heterocycles. The number of rotatable bonds is 6. The molecule has 0 spiro atoms. The van der Waals surface area contributed by atoms with Gasteiger partial charge in [-0.05, 0) is 31.2 Å². The molecule has 1 aromatic heterocycles. The number of ether oxygens (including phenoxy) is 1. The predicted molar refractivity (Wildman–Crippen MR) is 89.2 cm³/mol. The van der Waals surface area contributed by atoms with E-state index in [-0.39, 0.29) is 18.0 Å². The zero-order chi connectivity index (χ0) is 18.4. The van der Waals surface area contributed by atoms with Gasteiger partial charge in [0.1, 0.15) is 12.2 Å². The summed E-state index contributed by atoms with van der Waals surface area (Å²) in [6.07, 6.45) is -0.552. The number of esters is 1. The molecule has 0 bridgehead atoms. The van der Waals surface area contributed by atoms with Gasteiger partial charge in [-0.15, -0.1) is 0 Å². The van der Waals surface area contributed by atoms with E-state index in [0.29, 0.717) is 11.3 Å². The van der Waals surface area contributed by atoms with Crippen LogP contribution in [0.1, 0.15) is 29.3 Å². The van der Waals surface area contributed by atoms with E-state index in [1.807, 2.05) is 6.07 Å². The Bertz CT molecular complexity index is 865. The maximum absolute atomic E-state index is 13.7. The van der Waals surface area contributed by atoms with E-state index in [2.05, 4.69) is 10.3 Å². The van der Waals surface area contributed by atoms with Gasteiger partial charge in [-0.2, -0.15) is 5.26 Å². The van der Waals surface area contributed by atoms with Gasteiger partial charge in [-0.3, -0.25) is 9.59 Å². The molecule has 128 valence electrons. The van der Waals surface area contributed by atoms with Crippen LogP contribution in [0.2, 0.25) is 5.15 Å². The molecular weight excluding hydrogens is 349 g/mol. The molecular formula is C17H13ClFN3O3. The predicted octanol–water partition coefficient (Wildman–Crippen LogP) is 3.63. The Balaban J connectivity index is 2.36. The third-order valence-corrected chi connectivity index (χ3v) is 3.36. The van der Waals surface area contributed by atoms with Crippen molar-refractivity contribution in [2.24, 2.45) is 0 Å². The van der Waals surface area contributed by atoms with Crippen LogP contribution in [0.25, 0.3) is 0 Å². The summed E-state index contributed by atoms with van der Waals surface area (Å²) in [6, 6.07) is 9.28. The number of nitrogens with zero attached hydrogens (tertiary/aromatic N) is 2. The van der Waals surface area contributed by atoms with Gasteiger partial charge >= 0.3 is 5.97 Å². The normalized spacial score (nSPS) is 10.0. The van der Waals surface area contributed by atoms with Crippen LogP contribution in [-0.4, -0.2) is 23.3 Å². The largest absolute Gasteiger partial charge is 0.466 e. The first-order chi connectivity index (χ1) is 11.9. The summed E-state index contributed by atoms with van der Waals surface area (Å²) in [6.45, 7) is 1.74. The number of nitriles is 1. The topological polar surface area (TPSA) is 92.1 Å². The van der Waals surface area contributed by atoms with E-state index in [1.54, 1.807) is 25.1 Å². The SMILES string of the molecule is CCOC(=O)CC(=O)c1cc(F)c(Cl)nc1Nc1cccc(C#N)c1. The Morgan fingerprint density at radius 3 is 2.84 bits per heavy atom. The van der Waals surface area contributed by atoms with Crippen LogP contribution in [0.4, 0.5) is 15.9 Å². The highest BCUT2D eigenvalue weighted by atomic mass is 35.5. The van der Waals surface area contributed by atoms with Crippen LogP contribution in [-0.2, 0) is 9.53 Å². The molecule has 0 radical (unpaired) electrons. The van der Waals surface area contributed by atoms with Crippen molar-refractivity contribution in [2.75, 3.05) is 11.9 Å². The van der Waals surface area contributed by atoms with Crippen LogP contribution in [0.5, 0.6) is 0 Å². The summed E-state index contributed by atoms with van der Waals surface area (Å²) in [7, 11) is 0. The molecule has 0 aliphatic heterocycles. The van der Waals surface area contributed by atoms with Crippen molar-refractivity contribution in [2.45, 2.75) is 13.3 Å². The second-order valence-corrected chi connectivity index (χ2v) is 5.24. The average Bonchev–Trinajstić information content (AvgIpc) is 2.58. The summed E-state index contributed by atoms with van der Waals surface area (Å²) in [5.41, 5.74) is 0.703. The van der Waals surface area contributed by atoms with E-state index in [4.69, 9.17) is 21.6 Å². The fourth-order valence-electron chi connectivity index (χ4n) is 2.02. The number of anilines is 2. The first-order valence-corrected chi connectivity index (χ1v) is 7.64. The third kappa shape index (κ3) is 4.75. The lowest BCUT2D eigenvalue weighted by Crippen LogP contribution is -2.14. The molecule has 1 N–H and O–H groups in total. The molecule has 25 heavy (non-hydrogen) atoms. The van der Waals surface area contributed by atoms with Gasteiger partial charge in [-0.25, -0.2) is 9.37 Å². The Morgan fingerprint density at radius 1 is 1.40 bits per heavy atom. The lowest BCUT2D eigenvalue weighted by atomic mass is 10.1. The quantitative estimate of drug-likeness (QED) is 0.365. The van der Waals surface area contributed by atoms with Crippen molar-refractivity contribution in [3.05, 3.63) is 52.4 Å². The zero-order valence-electron chi connectivity index (χ0n) is 13.2.